The van der Waals surface area contributed by atoms with Crippen molar-refractivity contribution in [1.29, 1.82) is 0 Å². The molecular formula is C21H23N3O4. The second-order valence-corrected chi connectivity index (χ2v) is 7.35. The molecule has 7 heteroatoms. The van der Waals surface area contributed by atoms with Crippen LogP contribution in [0.25, 0.3) is 12.2 Å². The molecule has 0 aliphatic carbocycles. The molecule has 0 spiro atoms. The van der Waals surface area contributed by atoms with E-state index in [9.17, 15) is 9.59 Å². The summed E-state index contributed by atoms with van der Waals surface area (Å²) in [5.74, 6) is 1.33. The maximum atomic E-state index is 12.5. The number of aromatic nitrogens is 3. The van der Waals surface area contributed by atoms with Crippen molar-refractivity contribution in [2.45, 2.75) is 33.1 Å². The van der Waals surface area contributed by atoms with Crippen LogP contribution in [0.5, 0.6) is 5.75 Å². The molecule has 3 aromatic rings. The van der Waals surface area contributed by atoms with E-state index < -0.39 is 11.1 Å². The van der Waals surface area contributed by atoms with Crippen LogP contribution in [0.4, 0.5) is 0 Å². The van der Waals surface area contributed by atoms with Crippen LogP contribution in [-0.4, -0.2) is 21.6 Å². The smallest absolute Gasteiger partial charge is 0.272 e. The Hall–Kier alpha value is -3.35. The number of hydrogen-bond donors (Lipinski definition) is 2. The Morgan fingerprint density at radius 1 is 1.11 bits per heavy atom. The molecule has 0 unspecified atom stereocenters. The van der Waals surface area contributed by atoms with Crippen molar-refractivity contribution in [3.05, 3.63) is 79.1 Å². The Balaban J connectivity index is 2.08. The topological polar surface area (TPSA) is 101 Å². The van der Waals surface area contributed by atoms with Gasteiger partial charge in [-0.25, -0.2) is 4.98 Å². The summed E-state index contributed by atoms with van der Waals surface area (Å²) in [6.45, 7) is 8.38. The first kappa shape index (κ1) is 19.4. The average molecular weight is 381 g/mol. The van der Waals surface area contributed by atoms with Gasteiger partial charge in [0.2, 0.25) is 0 Å². The van der Waals surface area contributed by atoms with Gasteiger partial charge in [-0.3, -0.25) is 9.59 Å². The number of nitrogens with zero attached hydrogens (tertiary/aromatic N) is 1. The van der Waals surface area contributed by atoms with E-state index in [2.05, 4.69) is 15.0 Å². The van der Waals surface area contributed by atoms with E-state index in [1.807, 2.05) is 45.9 Å². The molecule has 2 heterocycles. The first-order valence-corrected chi connectivity index (χ1v) is 9.01. The van der Waals surface area contributed by atoms with Crippen molar-refractivity contribution in [3.8, 4) is 5.75 Å². The third-order valence-electron chi connectivity index (χ3n) is 4.02. The fourth-order valence-corrected chi connectivity index (χ4v) is 2.78. The number of hydrogen-bond acceptors (Lipinski definition) is 5. The van der Waals surface area contributed by atoms with Crippen LogP contribution in [0.2, 0.25) is 0 Å². The van der Waals surface area contributed by atoms with Crippen molar-refractivity contribution < 1.29 is 9.15 Å². The van der Waals surface area contributed by atoms with Gasteiger partial charge in [-0.2, -0.15) is 0 Å². The van der Waals surface area contributed by atoms with Crippen LogP contribution in [0.1, 0.15) is 44.7 Å². The fraction of sp³-hybridized carbons (Fsp3) is 0.286. The molecule has 0 aliphatic rings. The summed E-state index contributed by atoms with van der Waals surface area (Å²) in [5.41, 5.74) is 0.141. The molecular weight excluding hydrogens is 358 g/mol. The first-order chi connectivity index (χ1) is 13.3. The van der Waals surface area contributed by atoms with E-state index in [1.54, 1.807) is 12.1 Å². The van der Waals surface area contributed by atoms with Gasteiger partial charge in [-0.15, -0.1) is 0 Å². The molecule has 3 rings (SSSR count). The molecule has 1 aromatic carbocycles. The van der Waals surface area contributed by atoms with Crippen LogP contribution in [0.15, 0.2) is 44.7 Å². The highest BCUT2D eigenvalue weighted by atomic mass is 16.5. The molecule has 2 aromatic heterocycles. The van der Waals surface area contributed by atoms with Gasteiger partial charge in [0.05, 0.1) is 6.61 Å². The zero-order valence-electron chi connectivity index (χ0n) is 16.3. The molecule has 0 saturated heterocycles. The SMILES string of the molecule is CCOc1cccc(C=c2[nH]c(=O)c(=Cc3ncoc3C(C)(C)C)[nH]c2=O)c1. The van der Waals surface area contributed by atoms with Crippen molar-refractivity contribution in [2.24, 2.45) is 0 Å². The summed E-state index contributed by atoms with van der Waals surface area (Å²) in [6, 6.07) is 7.28. The highest BCUT2D eigenvalue weighted by Gasteiger charge is 2.21. The lowest BCUT2D eigenvalue weighted by Gasteiger charge is -2.14. The van der Waals surface area contributed by atoms with Gasteiger partial charge in [0, 0.05) is 5.41 Å². The second kappa shape index (κ2) is 7.72. The van der Waals surface area contributed by atoms with Gasteiger partial charge in [0.15, 0.2) is 6.39 Å². The minimum absolute atomic E-state index is 0.115. The van der Waals surface area contributed by atoms with Crippen LogP contribution in [-0.2, 0) is 5.41 Å². The predicted octanol–water partition coefficient (Wildman–Crippen LogP) is 1.40. The molecule has 0 fully saturated rings. The number of H-pyrrole nitrogens is 2. The van der Waals surface area contributed by atoms with E-state index in [4.69, 9.17) is 9.15 Å². The van der Waals surface area contributed by atoms with Gasteiger partial charge in [0.25, 0.3) is 11.1 Å². The monoisotopic (exact) mass is 381 g/mol. The van der Waals surface area contributed by atoms with E-state index in [0.29, 0.717) is 23.8 Å². The van der Waals surface area contributed by atoms with Gasteiger partial charge in [0.1, 0.15) is 27.9 Å². The zero-order chi connectivity index (χ0) is 20.3. The second-order valence-electron chi connectivity index (χ2n) is 7.35. The quantitative estimate of drug-likeness (QED) is 0.712. The Morgan fingerprint density at radius 2 is 1.79 bits per heavy atom. The number of nitrogens with one attached hydrogen (secondary N) is 2. The number of aromatic amines is 2. The summed E-state index contributed by atoms with van der Waals surface area (Å²) >= 11 is 0. The Labute approximate surface area is 161 Å². The Morgan fingerprint density at radius 3 is 2.43 bits per heavy atom. The molecule has 0 bridgehead atoms. The molecule has 0 aliphatic heterocycles. The Kier molecular flexibility index (Phi) is 5.35. The third-order valence-corrected chi connectivity index (χ3v) is 4.02. The molecule has 28 heavy (non-hydrogen) atoms. The lowest BCUT2D eigenvalue weighted by Crippen LogP contribution is -2.46. The normalized spacial score (nSPS) is 13.1. The maximum absolute atomic E-state index is 12.5. The fourth-order valence-electron chi connectivity index (χ4n) is 2.78. The van der Waals surface area contributed by atoms with Gasteiger partial charge >= 0.3 is 0 Å². The largest absolute Gasteiger partial charge is 0.494 e. The van der Waals surface area contributed by atoms with Crippen molar-refractivity contribution in [2.75, 3.05) is 6.61 Å². The highest BCUT2D eigenvalue weighted by Crippen LogP contribution is 2.25. The predicted molar refractivity (Wildman–Crippen MR) is 107 cm³/mol. The van der Waals surface area contributed by atoms with Crippen molar-refractivity contribution in [3.63, 3.8) is 0 Å². The number of rotatable bonds is 4. The summed E-state index contributed by atoms with van der Waals surface area (Å²) in [5, 5.41) is 0.275. The third kappa shape index (κ3) is 4.31. The molecule has 2 N–H and O–H groups in total. The lowest BCUT2D eigenvalue weighted by atomic mass is 9.92. The molecule has 146 valence electrons. The first-order valence-electron chi connectivity index (χ1n) is 9.01. The average Bonchev–Trinajstić information content (AvgIpc) is 3.08. The molecule has 0 saturated carbocycles. The van der Waals surface area contributed by atoms with Crippen LogP contribution in [0.3, 0.4) is 0 Å². The summed E-state index contributed by atoms with van der Waals surface area (Å²) in [7, 11) is 0. The summed E-state index contributed by atoms with van der Waals surface area (Å²) in [4.78, 5) is 34.3. The van der Waals surface area contributed by atoms with Gasteiger partial charge in [-0.05, 0) is 36.8 Å². The van der Waals surface area contributed by atoms with Crippen LogP contribution >= 0.6 is 0 Å². The van der Waals surface area contributed by atoms with E-state index in [-0.39, 0.29) is 16.1 Å². The van der Waals surface area contributed by atoms with E-state index >= 15 is 0 Å². The summed E-state index contributed by atoms with van der Waals surface area (Å²) in [6.07, 6.45) is 4.44. The highest BCUT2D eigenvalue weighted by molar-refractivity contribution is 5.51. The minimum atomic E-state index is -0.422. The molecule has 0 amide bonds. The zero-order valence-corrected chi connectivity index (χ0v) is 16.3. The van der Waals surface area contributed by atoms with Crippen molar-refractivity contribution in [1.82, 2.24) is 15.0 Å². The summed E-state index contributed by atoms with van der Waals surface area (Å²) < 4.78 is 10.9. The molecule has 0 atom stereocenters. The molecule has 0 radical (unpaired) electrons. The minimum Gasteiger partial charge on any atom is -0.494 e. The van der Waals surface area contributed by atoms with Crippen LogP contribution in [0, 0.1) is 0 Å². The van der Waals surface area contributed by atoms with Gasteiger partial charge in [-0.1, -0.05) is 32.9 Å². The van der Waals surface area contributed by atoms with Crippen molar-refractivity contribution >= 4 is 12.2 Å². The maximum Gasteiger partial charge on any atom is 0.272 e. The van der Waals surface area contributed by atoms with E-state index in [1.165, 1.54) is 12.5 Å². The lowest BCUT2D eigenvalue weighted by molar-refractivity contribution is 0.340. The standard InChI is InChI=1S/C21H23N3O4/c1-5-27-14-8-6-7-13(9-14)10-16-19(25)24-17(20(26)23-16)11-15-18(21(2,3)4)28-12-22-15/h6-12H,5H2,1-4H3,(H,23,26)(H,24,25). The van der Waals surface area contributed by atoms with E-state index in [0.717, 1.165) is 5.56 Å². The number of benzene rings is 1. The van der Waals surface area contributed by atoms with Gasteiger partial charge < -0.3 is 19.1 Å². The Bertz CT molecular complexity index is 1210. The van der Waals surface area contributed by atoms with Crippen LogP contribution < -0.4 is 26.6 Å². The number of oxazole rings is 1. The number of ether oxygens (including phenoxy) is 1. The molecule has 7 nitrogen and oxygen atoms in total.